The van der Waals surface area contributed by atoms with Gasteiger partial charge in [-0.3, -0.25) is 0 Å². The Balaban J connectivity index is 4.48. The SMILES string of the molecule is CCC[CH2][Sn]([CH2]CCC)[O][Sn]([Br])([CH2]CCC)[CH2]CCC. The minimum atomic E-state index is -2.36. The molecule has 0 rings (SSSR count). The van der Waals surface area contributed by atoms with Gasteiger partial charge in [0.1, 0.15) is 0 Å². The topological polar surface area (TPSA) is 9.23 Å². The Morgan fingerprint density at radius 1 is 0.750 bits per heavy atom. The fraction of sp³-hybridized carbons (Fsp3) is 1.00. The number of halogens is 1. The van der Waals surface area contributed by atoms with Crippen molar-refractivity contribution in [1.29, 1.82) is 0 Å². The van der Waals surface area contributed by atoms with E-state index >= 15 is 0 Å². The van der Waals surface area contributed by atoms with E-state index in [1.165, 1.54) is 69.1 Å². The van der Waals surface area contributed by atoms with Crippen molar-refractivity contribution in [2.45, 2.75) is 96.8 Å². The van der Waals surface area contributed by atoms with Crippen LogP contribution < -0.4 is 0 Å². The molecule has 1 nitrogen and oxygen atoms in total. The van der Waals surface area contributed by atoms with Gasteiger partial charge in [0.25, 0.3) is 0 Å². The summed E-state index contributed by atoms with van der Waals surface area (Å²) in [5.41, 5.74) is 0. The number of hydrogen-bond acceptors (Lipinski definition) is 1. The summed E-state index contributed by atoms with van der Waals surface area (Å²) in [5.74, 6) is 0. The van der Waals surface area contributed by atoms with E-state index in [9.17, 15) is 0 Å². The van der Waals surface area contributed by atoms with E-state index in [4.69, 9.17) is 1.41 Å². The Morgan fingerprint density at radius 3 is 1.50 bits per heavy atom. The second kappa shape index (κ2) is 14.6. The van der Waals surface area contributed by atoms with Gasteiger partial charge in [-0.2, -0.15) is 0 Å². The van der Waals surface area contributed by atoms with Crippen LogP contribution in [-0.2, 0) is 1.41 Å². The van der Waals surface area contributed by atoms with Gasteiger partial charge >= 0.3 is 148 Å². The van der Waals surface area contributed by atoms with Crippen LogP contribution in [0.4, 0.5) is 0 Å². The van der Waals surface area contributed by atoms with Gasteiger partial charge in [0.05, 0.1) is 0 Å². The van der Waals surface area contributed by atoms with E-state index in [0.29, 0.717) is 0 Å². The maximum absolute atomic E-state index is 6.97. The van der Waals surface area contributed by atoms with Gasteiger partial charge in [0.2, 0.25) is 0 Å². The second-order valence-corrected chi connectivity index (χ2v) is 33.9. The van der Waals surface area contributed by atoms with Gasteiger partial charge < -0.3 is 0 Å². The molecule has 0 atom stereocenters. The van der Waals surface area contributed by atoms with Crippen molar-refractivity contribution in [2.24, 2.45) is 0 Å². The van der Waals surface area contributed by atoms with Crippen LogP contribution in [-0.4, -0.2) is 36.7 Å². The molecule has 0 fully saturated rings. The van der Waals surface area contributed by atoms with Gasteiger partial charge in [-0.1, -0.05) is 0 Å². The van der Waals surface area contributed by atoms with Crippen molar-refractivity contribution in [3.63, 3.8) is 0 Å². The van der Waals surface area contributed by atoms with E-state index in [0.717, 1.165) is 0 Å². The average molecular weight is 562 g/mol. The predicted molar refractivity (Wildman–Crippen MR) is 100 cm³/mol. The van der Waals surface area contributed by atoms with Gasteiger partial charge in [-0.25, -0.2) is 0 Å². The van der Waals surface area contributed by atoms with Crippen LogP contribution in [0.2, 0.25) is 17.7 Å². The van der Waals surface area contributed by atoms with E-state index < -0.39 is 36.7 Å². The Kier molecular flexibility index (Phi) is 16.1. The zero-order valence-corrected chi connectivity index (χ0v) is 21.6. The second-order valence-electron chi connectivity index (χ2n) is 5.94. The van der Waals surface area contributed by atoms with Crippen LogP contribution in [0.25, 0.3) is 0 Å². The summed E-state index contributed by atoms with van der Waals surface area (Å²) in [7, 11) is 0. The van der Waals surface area contributed by atoms with Crippen LogP contribution >= 0.6 is 12.7 Å². The molecule has 4 heteroatoms. The molecule has 0 N–H and O–H groups in total. The molecule has 0 amide bonds. The number of hydrogen-bond donors (Lipinski definition) is 0. The zero-order valence-electron chi connectivity index (χ0n) is 14.3. The Bertz CT molecular complexity index is 199. The molecule has 0 aliphatic carbocycles. The minimum absolute atomic E-state index is 1.32. The summed E-state index contributed by atoms with van der Waals surface area (Å²) >= 11 is 0.301. The van der Waals surface area contributed by atoms with Crippen molar-refractivity contribution < 1.29 is 1.41 Å². The predicted octanol–water partition coefficient (Wildman–Crippen LogP) is 7.03. The molecule has 20 heavy (non-hydrogen) atoms. The molecule has 0 aliphatic heterocycles. The van der Waals surface area contributed by atoms with E-state index in [-0.39, 0.29) is 0 Å². The fourth-order valence-corrected chi connectivity index (χ4v) is 47.5. The van der Waals surface area contributed by atoms with E-state index in [2.05, 4.69) is 40.4 Å². The van der Waals surface area contributed by atoms with Crippen molar-refractivity contribution >= 4 is 49.4 Å². The first-order chi connectivity index (χ1) is 9.61. The summed E-state index contributed by atoms with van der Waals surface area (Å²) in [5, 5.41) is 0. The van der Waals surface area contributed by atoms with Crippen molar-refractivity contribution in [3.8, 4) is 0 Å². The third kappa shape index (κ3) is 11.6. The summed E-state index contributed by atoms with van der Waals surface area (Å²) in [6.07, 6.45) is 10.9. The molecular weight excluding hydrogens is 526 g/mol. The molecule has 0 heterocycles. The van der Waals surface area contributed by atoms with Crippen LogP contribution in [0, 0.1) is 0 Å². The molecule has 0 saturated carbocycles. The maximum atomic E-state index is 6.97. The summed E-state index contributed by atoms with van der Waals surface area (Å²) in [4.78, 5) is 0. The van der Waals surface area contributed by atoms with E-state index in [1.54, 1.807) is 0 Å². The van der Waals surface area contributed by atoms with E-state index in [1.807, 2.05) is 0 Å². The quantitative estimate of drug-likeness (QED) is 0.207. The first kappa shape index (κ1) is 22.0. The molecule has 0 spiro atoms. The zero-order chi connectivity index (χ0) is 15.3. The van der Waals surface area contributed by atoms with Gasteiger partial charge in [-0.15, -0.1) is 0 Å². The fourth-order valence-electron chi connectivity index (χ4n) is 2.34. The number of unbranched alkanes of at least 4 members (excludes halogenated alkanes) is 4. The van der Waals surface area contributed by atoms with Crippen molar-refractivity contribution in [3.05, 3.63) is 0 Å². The molecule has 1 radical (unpaired) electrons. The van der Waals surface area contributed by atoms with Gasteiger partial charge in [0, 0.05) is 0 Å². The average Bonchev–Trinajstić information content (AvgIpc) is 2.46. The van der Waals surface area contributed by atoms with Gasteiger partial charge in [0.15, 0.2) is 0 Å². The molecular formula is C16H36BrOSn2. The Labute approximate surface area is 146 Å². The third-order valence-electron chi connectivity index (χ3n) is 3.75. The summed E-state index contributed by atoms with van der Waals surface area (Å²) in [6, 6.07) is 0. The van der Waals surface area contributed by atoms with Gasteiger partial charge in [-0.05, 0) is 0 Å². The molecule has 0 aromatic rings. The molecule has 0 bridgehead atoms. The monoisotopic (exact) mass is 563 g/mol. The van der Waals surface area contributed by atoms with Crippen LogP contribution in [0.1, 0.15) is 79.1 Å². The summed E-state index contributed by atoms with van der Waals surface area (Å²) < 4.78 is 12.7. The third-order valence-corrected chi connectivity index (χ3v) is 42.2. The Hall–Kier alpha value is 2.04. The van der Waals surface area contributed by atoms with Crippen LogP contribution in [0.5, 0.6) is 0 Å². The number of rotatable bonds is 14. The first-order valence-corrected chi connectivity index (χ1v) is 25.6. The molecule has 0 aromatic heterocycles. The Morgan fingerprint density at radius 2 is 1.15 bits per heavy atom. The molecule has 121 valence electrons. The normalized spacial score (nSPS) is 12.3. The molecule has 0 saturated heterocycles. The first-order valence-electron chi connectivity index (χ1n) is 8.84. The van der Waals surface area contributed by atoms with Crippen molar-refractivity contribution in [2.75, 3.05) is 0 Å². The molecule has 0 unspecified atom stereocenters. The van der Waals surface area contributed by atoms with Crippen molar-refractivity contribution in [1.82, 2.24) is 0 Å². The molecule has 0 aromatic carbocycles. The van der Waals surface area contributed by atoms with Crippen LogP contribution in [0.15, 0.2) is 0 Å². The molecule has 0 aliphatic rings. The summed E-state index contributed by atoms with van der Waals surface area (Å²) in [6.45, 7) is 9.26. The van der Waals surface area contributed by atoms with Crippen LogP contribution in [0.3, 0.4) is 0 Å². The standard InChI is InChI=1S/4C4H9.BrH.O.2Sn/c4*1-3-4-2;;;;/h4*1,3-4H2,2H3;1H;;;/q;;;;;;;+1/p-1.